The molecule has 122 valence electrons. The van der Waals surface area contributed by atoms with Crippen molar-refractivity contribution in [2.24, 2.45) is 5.92 Å². The summed E-state index contributed by atoms with van der Waals surface area (Å²) in [6, 6.07) is 6.95. The fourth-order valence-electron chi connectivity index (χ4n) is 2.66. The predicted octanol–water partition coefficient (Wildman–Crippen LogP) is 1.41. The Balaban J connectivity index is 2.24. The number of benzene rings is 1. The van der Waals surface area contributed by atoms with Crippen molar-refractivity contribution in [1.29, 1.82) is 0 Å². The maximum Gasteiger partial charge on any atom is 0.317 e. The standard InChI is InChI=1S/C17H19NO5/c1-3-4-5-9-23-13-8-6-7-12(10-13)17(16(20)22-2)11-14(17)15(19)18-21/h6-8,10,14,21H,3,9,11H2,1-2H3,(H,18,19). The molecule has 0 heterocycles. The zero-order chi connectivity index (χ0) is 16.9. The van der Waals surface area contributed by atoms with E-state index < -0.39 is 23.2 Å². The van der Waals surface area contributed by atoms with Gasteiger partial charge in [-0.15, -0.1) is 5.92 Å². The summed E-state index contributed by atoms with van der Waals surface area (Å²) >= 11 is 0. The molecule has 0 saturated heterocycles. The molecule has 6 nitrogen and oxygen atoms in total. The lowest BCUT2D eigenvalue weighted by Crippen LogP contribution is -2.31. The first-order valence-corrected chi connectivity index (χ1v) is 7.31. The summed E-state index contributed by atoms with van der Waals surface area (Å²) in [6.45, 7) is 2.20. The van der Waals surface area contributed by atoms with Crippen molar-refractivity contribution < 1.29 is 24.3 Å². The lowest BCUT2D eigenvalue weighted by atomic mass is 9.92. The number of carbonyl (C=O) groups excluding carboxylic acids is 2. The van der Waals surface area contributed by atoms with E-state index >= 15 is 0 Å². The molecule has 1 aliphatic rings. The molecule has 23 heavy (non-hydrogen) atoms. The van der Waals surface area contributed by atoms with E-state index in [0.29, 0.717) is 11.3 Å². The van der Waals surface area contributed by atoms with Gasteiger partial charge < -0.3 is 9.47 Å². The number of hydrogen-bond acceptors (Lipinski definition) is 5. The van der Waals surface area contributed by atoms with Gasteiger partial charge in [-0.2, -0.15) is 0 Å². The average Bonchev–Trinajstić information content (AvgIpc) is 3.34. The Kier molecular flexibility index (Phi) is 5.24. The fraction of sp³-hybridized carbons (Fsp3) is 0.412. The minimum Gasteiger partial charge on any atom is -0.481 e. The van der Waals surface area contributed by atoms with Gasteiger partial charge in [-0.3, -0.25) is 14.8 Å². The van der Waals surface area contributed by atoms with E-state index in [0.717, 1.165) is 6.42 Å². The van der Waals surface area contributed by atoms with Gasteiger partial charge in [-0.1, -0.05) is 25.0 Å². The molecule has 0 aromatic heterocycles. The Morgan fingerprint density at radius 2 is 2.22 bits per heavy atom. The van der Waals surface area contributed by atoms with Crippen LogP contribution in [0.15, 0.2) is 24.3 Å². The monoisotopic (exact) mass is 317 g/mol. The SMILES string of the molecule is CCC#CCOc1cccc(C2(C(=O)OC)CC2C(=O)NO)c1. The topological polar surface area (TPSA) is 84.9 Å². The summed E-state index contributed by atoms with van der Waals surface area (Å²) in [7, 11) is 1.27. The largest absolute Gasteiger partial charge is 0.481 e. The highest BCUT2D eigenvalue weighted by Gasteiger charge is 2.65. The van der Waals surface area contributed by atoms with Crippen LogP contribution in [-0.2, 0) is 19.7 Å². The number of carbonyl (C=O) groups is 2. The van der Waals surface area contributed by atoms with E-state index in [1.54, 1.807) is 29.7 Å². The zero-order valence-corrected chi connectivity index (χ0v) is 13.1. The van der Waals surface area contributed by atoms with Crippen LogP contribution in [-0.4, -0.2) is 30.8 Å². The fourth-order valence-corrected chi connectivity index (χ4v) is 2.66. The van der Waals surface area contributed by atoms with Gasteiger partial charge in [-0.05, 0) is 24.1 Å². The molecule has 0 aliphatic heterocycles. The van der Waals surface area contributed by atoms with Crippen molar-refractivity contribution in [3.05, 3.63) is 29.8 Å². The van der Waals surface area contributed by atoms with Crippen LogP contribution in [0.1, 0.15) is 25.3 Å². The van der Waals surface area contributed by atoms with Crippen LogP contribution >= 0.6 is 0 Å². The maximum atomic E-state index is 12.2. The zero-order valence-electron chi connectivity index (χ0n) is 13.1. The Labute approximate surface area is 134 Å². The molecule has 0 bridgehead atoms. The lowest BCUT2D eigenvalue weighted by Gasteiger charge is -2.16. The second kappa shape index (κ2) is 7.16. The summed E-state index contributed by atoms with van der Waals surface area (Å²) in [5.41, 5.74) is 1.15. The van der Waals surface area contributed by atoms with Crippen LogP contribution in [0.3, 0.4) is 0 Å². The van der Waals surface area contributed by atoms with E-state index in [4.69, 9.17) is 14.7 Å². The van der Waals surface area contributed by atoms with Crippen molar-refractivity contribution >= 4 is 11.9 Å². The van der Waals surface area contributed by atoms with Crippen LogP contribution in [0.2, 0.25) is 0 Å². The summed E-state index contributed by atoms with van der Waals surface area (Å²) in [5.74, 6) is 4.57. The molecule has 1 aliphatic carbocycles. The van der Waals surface area contributed by atoms with Crippen molar-refractivity contribution in [1.82, 2.24) is 5.48 Å². The van der Waals surface area contributed by atoms with Gasteiger partial charge in [0.05, 0.1) is 13.0 Å². The highest BCUT2D eigenvalue weighted by molar-refractivity contribution is 5.97. The Bertz CT molecular complexity index is 660. The van der Waals surface area contributed by atoms with Gasteiger partial charge in [0.1, 0.15) is 17.8 Å². The van der Waals surface area contributed by atoms with Gasteiger partial charge in [0.2, 0.25) is 5.91 Å². The second-order valence-corrected chi connectivity index (χ2v) is 5.22. The van der Waals surface area contributed by atoms with Crippen LogP contribution in [0.4, 0.5) is 0 Å². The Morgan fingerprint density at radius 3 is 2.87 bits per heavy atom. The second-order valence-electron chi connectivity index (χ2n) is 5.22. The number of rotatable bonds is 5. The van der Waals surface area contributed by atoms with Crippen LogP contribution in [0, 0.1) is 17.8 Å². The number of ether oxygens (including phenoxy) is 2. The molecule has 1 aromatic carbocycles. The van der Waals surface area contributed by atoms with E-state index in [1.807, 2.05) is 6.92 Å². The molecular formula is C17H19NO5. The molecule has 2 atom stereocenters. The van der Waals surface area contributed by atoms with E-state index in [1.165, 1.54) is 7.11 Å². The van der Waals surface area contributed by atoms with Crippen molar-refractivity contribution in [3.63, 3.8) is 0 Å². The molecule has 1 saturated carbocycles. The minimum absolute atomic E-state index is 0.253. The number of amides is 1. The molecule has 0 radical (unpaired) electrons. The summed E-state index contributed by atoms with van der Waals surface area (Å²) < 4.78 is 10.4. The van der Waals surface area contributed by atoms with E-state index in [-0.39, 0.29) is 13.0 Å². The van der Waals surface area contributed by atoms with Gasteiger partial charge in [0.15, 0.2) is 0 Å². The molecule has 2 unspecified atom stereocenters. The number of nitrogens with one attached hydrogen (secondary N) is 1. The highest BCUT2D eigenvalue weighted by Crippen LogP contribution is 2.55. The molecule has 1 fully saturated rings. The minimum atomic E-state index is -1.07. The molecule has 2 rings (SSSR count). The third kappa shape index (κ3) is 3.30. The summed E-state index contributed by atoms with van der Waals surface area (Å²) in [6.07, 6.45) is 1.04. The molecule has 1 aromatic rings. The maximum absolute atomic E-state index is 12.2. The summed E-state index contributed by atoms with van der Waals surface area (Å²) in [4.78, 5) is 23.9. The van der Waals surface area contributed by atoms with E-state index in [9.17, 15) is 9.59 Å². The smallest absolute Gasteiger partial charge is 0.317 e. The first kappa shape index (κ1) is 16.8. The van der Waals surface area contributed by atoms with Crippen molar-refractivity contribution in [2.75, 3.05) is 13.7 Å². The Hall–Kier alpha value is -2.52. The molecular weight excluding hydrogens is 298 g/mol. The van der Waals surface area contributed by atoms with Crippen molar-refractivity contribution in [3.8, 4) is 17.6 Å². The molecule has 6 heteroatoms. The lowest BCUT2D eigenvalue weighted by molar-refractivity contribution is -0.146. The number of hydroxylamine groups is 1. The van der Waals surface area contributed by atoms with Gasteiger partial charge >= 0.3 is 5.97 Å². The van der Waals surface area contributed by atoms with Crippen molar-refractivity contribution in [2.45, 2.75) is 25.2 Å². The van der Waals surface area contributed by atoms with Gasteiger partial charge in [-0.25, -0.2) is 5.48 Å². The average molecular weight is 317 g/mol. The van der Waals surface area contributed by atoms with Crippen LogP contribution < -0.4 is 10.2 Å². The quantitative estimate of drug-likeness (QED) is 0.371. The van der Waals surface area contributed by atoms with Crippen LogP contribution in [0.25, 0.3) is 0 Å². The third-order valence-electron chi connectivity index (χ3n) is 3.90. The molecule has 0 spiro atoms. The third-order valence-corrected chi connectivity index (χ3v) is 3.90. The highest BCUT2D eigenvalue weighted by atomic mass is 16.5. The molecule has 2 N–H and O–H groups in total. The predicted molar refractivity (Wildman–Crippen MR) is 81.7 cm³/mol. The van der Waals surface area contributed by atoms with E-state index in [2.05, 4.69) is 11.8 Å². The number of esters is 1. The van der Waals surface area contributed by atoms with Gasteiger partial charge in [0.25, 0.3) is 0 Å². The van der Waals surface area contributed by atoms with Gasteiger partial charge in [0, 0.05) is 6.42 Å². The summed E-state index contributed by atoms with van der Waals surface area (Å²) in [5, 5.41) is 8.81. The number of hydrogen-bond donors (Lipinski definition) is 2. The molecule has 1 amide bonds. The first-order chi connectivity index (χ1) is 11.1. The number of methoxy groups -OCH3 is 1. The van der Waals surface area contributed by atoms with Crippen LogP contribution in [0.5, 0.6) is 5.75 Å². The normalized spacial score (nSPS) is 21.6. The Morgan fingerprint density at radius 1 is 1.43 bits per heavy atom. The first-order valence-electron chi connectivity index (χ1n) is 7.31.